The SMILES string of the molecule is CN=C(NCC1CCCO1)NCC(C)c1ccc(F)cc1F. The maximum absolute atomic E-state index is 13.7. The molecule has 1 aliphatic rings. The number of benzene rings is 1. The number of nitrogens with one attached hydrogen (secondary N) is 2. The molecular formula is C16H23F2N3O. The monoisotopic (exact) mass is 311 g/mol. The minimum Gasteiger partial charge on any atom is -0.376 e. The summed E-state index contributed by atoms with van der Waals surface area (Å²) < 4.78 is 32.2. The van der Waals surface area contributed by atoms with Crippen LogP contribution in [0.15, 0.2) is 23.2 Å². The van der Waals surface area contributed by atoms with Gasteiger partial charge in [-0.1, -0.05) is 13.0 Å². The number of halogens is 2. The van der Waals surface area contributed by atoms with Gasteiger partial charge in [-0.25, -0.2) is 8.78 Å². The number of rotatable bonds is 5. The summed E-state index contributed by atoms with van der Waals surface area (Å²) in [4.78, 5) is 4.14. The number of hydrogen-bond donors (Lipinski definition) is 2. The van der Waals surface area contributed by atoms with Crippen molar-refractivity contribution in [2.75, 3.05) is 26.7 Å². The number of nitrogens with zero attached hydrogens (tertiary/aromatic N) is 1. The Labute approximate surface area is 130 Å². The fraction of sp³-hybridized carbons (Fsp3) is 0.562. The molecule has 2 atom stereocenters. The van der Waals surface area contributed by atoms with E-state index in [1.165, 1.54) is 12.1 Å². The molecule has 1 fully saturated rings. The summed E-state index contributed by atoms with van der Waals surface area (Å²) in [6.07, 6.45) is 2.38. The van der Waals surface area contributed by atoms with Gasteiger partial charge in [0.2, 0.25) is 0 Å². The second-order valence-corrected chi connectivity index (χ2v) is 5.54. The van der Waals surface area contributed by atoms with E-state index in [9.17, 15) is 8.78 Å². The molecule has 1 heterocycles. The summed E-state index contributed by atoms with van der Waals surface area (Å²) in [5.41, 5.74) is 0.489. The van der Waals surface area contributed by atoms with E-state index >= 15 is 0 Å². The second-order valence-electron chi connectivity index (χ2n) is 5.54. The van der Waals surface area contributed by atoms with Crippen molar-refractivity contribution in [1.29, 1.82) is 0 Å². The first-order valence-electron chi connectivity index (χ1n) is 7.61. The lowest BCUT2D eigenvalue weighted by molar-refractivity contribution is 0.114. The number of ether oxygens (including phenoxy) is 1. The molecular weight excluding hydrogens is 288 g/mol. The van der Waals surface area contributed by atoms with Crippen LogP contribution in [-0.2, 0) is 4.74 Å². The number of aliphatic imine (C=N–C) groups is 1. The maximum atomic E-state index is 13.7. The van der Waals surface area contributed by atoms with Crippen LogP contribution in [0.2, 0.25) is 0 Å². The van der Waals surface area contributed by atoms with Crippen molar-refractivity contribution in [2.45, 2.75) is 31.8 Å². The Balaban J connectivity index is 1.81. The van der Waals surface area contributed by atoms with Gasteiger partial charge in [-0.3, -0.25) is 4.99 Å². The quantitative estimate of drug-likeness (QED) is 0.648. The van der Waals surface area contributed by atoms with Crippen molar-refractivity contribution >= 4 is 5.96 Å². The van der Waals surface area contributed by atoms with E-state index in [0.29, 0.717) is 24.6 Å². The standard InChI is InChI=1S/C16H23F2N3O/c1-11(14-6-5-12(17)8-15(14)18)9-20-16(19-2)21-10-13-4-3-7-22-13/h5-6,8,11,13H,3-4,7,9-10H2,1-2H3,(H2,19,20,21). The van der Waals surface area contributed by atoms with Gasteiger partial charge >= 0.3 is 0 Å². The van der Waals surface area contributed by atoms with Gasteiger partial charge < -0.3 is 15.4 Å². The summed E-state index contributed by atoms with van der Waals surface area (Å²) in [5.74, 6) is -0.515. The lowest BCUT2D eigenvalue weighted by Crippen LogP contribution is -2.42. The predicted octanol–water partition coefficient (Wildman–Crippen LogP) is 2.41. The molecule has 6 heteroatoms. The highest BCUT2D eigenvalue weighted by atomic mass is 19.1. The molecule has 0 aromatic heterocycles. The highest BCUT2D eigenvalue weighted by Gasteiger charge is 2.16. The zero-order valence-corrected chi connectivity index (χ0v) is 13.0. The average molecular weight is 311 g/mol. The maximum Gasteiger partial charge on any atom is 0.191 e. The molecule has 0 saturated carbocycles. The third-order valence-corrected chi connectivity index (χ3v) is 3.81. The van der Waals surface area contributed by atoms with Crippen LogP contribution in [0.5, 0.6) is 0 Å². The lowest BCUT2D eigenvalue weighted by atomic mass is 10.0. The first-order chi connectivity index (χ1) is 10.6. The van der Waals surface area contributed by atoms with Gasteiger partial charge in [0.05, 0.1) is 6.10 Å². The van der Waals surface area contributed by atoms with Crippen molar-refractivity contribution < 1.29 is 13.5 Å². The first-order valence-corrected chi connectivity index (χ1v) is 7.61. The number of hydrogen-bond acceptors (Lipinski definition) is 2. The van der Waals surface area contributed by atoms with Gasteiger partial charge in [0, 0.05) is 38.7 Å². The summed E-state index contributed by atoms with van der Waals surface area (Å²) >= 11 is 0. The van der Waals surface area contributed by atoms with Crippen LogP contribution in [0.4, 0.5) is 8.78 Å². The molecule has 22 heavy (non-hydrogen) atoms. The molecule has 0 aliphatic carbocycles. The highest BCUT2D eigenvalue weighted by Crippen LogP contribution is 2.19. The molecule has 1 aromatic rings. The van der Waals surface area contributed by atoms with E-state index in [-0.39, 0.29) is 12.0 Å². The summed E-state index contributed by atoms with van der Waals surface area (Å²) in [6, 6.07) is 3.68. The fourth-order valence-corrected chi connectivity index (χ4v) is 2.50. The van der Waals surface area contributed by atoms with Crippen LogP contribution in [0, 0.1) is 11.6 Å². The molecule has 0 spiro atoms. The van der Waals surface area contributed by atoms with Gasteiger partial charge in [0.1, 0.15) is 11.6 Å². The Morgan fingerprint density at radius 2 is 2.23 bits per heavy atom. The van der Waals surface area contributed by atoms with Crippen LogP contribution >= 0.6 is 0 Å². The van der Waals surface area contributed by atoms with E-state index < -0.39 is 11.6 Å². The van der Waals surface area contributed by atoms with Crippen LogP contribution in [0.1, 0.15) is 31.2 Å². The Hall–Kier alpha value is -1.69. The van der Waals surface area contributed by atoms with Crippen molar-refractivity contribution in [1.82, 2.24) is 10.6 Å². The van der Waals surface area contributed by atoms with E-state index in [4.69, 9.17) is 4.74 Å². The zero-order valence-electron chi connectivity index (χ0n) is 13.0. The average Bonchev–Trinajstić information content (AvgIpc) is 3.00. The zero-order chi connectivity index (χ0) is 15.9. The Morgan fingerprint density at radius 1 is 1.41 bits per heavy atom. The first kappa shape index (κ1) is 16.7. The molecule has 2 unspecified atom stereocenters. The molecule has 1 saturated heterocycles. The summed E-state index contributed by atoms with van der Waals surface area (Å²) in [5, 5.41) is 6.36. The molecule has 122 valence electrons. The Bertz CT molecular complexity index is 516. The van der Waals surface area contributed by atoms with Crippen LogP contribution in [-0.4, -0.2) is 38.8 Å². The lowest BCUT2D eigenvalue weighted by Gasteiger charge is -2.18. The largest absolute Gasteiger partial charge is 0.376 e. The molecule has 0 amide bonds. The van der Waals surface area contributed by atoms with Crippen molar-refractivity contribution in [2.24, 2.45) is 4.99 Å². The third-order valence-electron chi connectivity index (χ3n) is 3.81. The smallest absolute Gasteiger partial charge is 0.191 e. The molecule has 0 bridgehead atoms. The number of guanidine groups is 1. The van der Waals surface area contributed by atoms with Crippen molar-refractivity contribution in [3.63, 3.8) is 0 Å². The Kier molecular flexibility index (Phi) is 6.12. The molecule has 2 N–H and O–H groups in total. The fourth-order valence-electron chi connectivity index (χ4n) is 2.50. The van der Waals surface area contributed by atoms with E-state index in [1.807, 2.05) is 6.92 Å². The van der Waals surface area contributed by atoms with Crippen LogP contribution in [0.3, 0.4) is 0 Å². The predicted molar refractivity (Wildman–Crippen MR) is 83.1 cm³/mol. The van der Waals surface area contributed by atoms with E-state index in [2.05, 4.69) is 15.6 Å². The molecule has 4 nitrogen and oxygen atoms in total. The van der Waals surface area contributed by atoms with Crippen LogP contribution in [0.25, 0.3) is 0 Å². The van der Waals surface area contributed by atoms with Gasteiger partial charge in [-0.15, -0.1) is 0 Å². The highest BCUT2D eigenvalue weighted by molar-refractivity contribution is 5.79. The molecule has 1 aromatic carbocycles. The molecule has 2 rings (SSSR count). The van der Waals surface area contributed by atoms with E-state index in [0.717, 1.165) is 25.5 Å². The topological polar surface area (TPSA) is 45.7 Å². The van der Waals surface area contributed by atoms with Crippen LogP contribution < -0.4 is 10.6 Å². The van der Waals surface area contributed by atoms with Gasteiger partial charge in [0.15, 0.2) is 5.96 Å². The minimum absolute atomic E-state index is 0.0955. The van der Waals surface area contributed by atoms with E-state index in [1.54, 1.807) is 7.05 Å². The summed E-state index contributed by atoms with van der Waals surface area (Å²) in [6.45, 7) is 3.92. The Morgan fingerprint density at radius 3 is 2.86 bits per heavy atom. The molecule has 0 radical (unpaired) electrons. The van der Waals surface area contributed by atoms with Crippen molar-refractivity contribution in [3.8, 4) is 0 Å². The summed E-state index contributed by atoms with van der Waals surface area (Å²) in [7, 11) is 1.69. The third kappa shape index (κ3) is 4.66. The van der Waals surface area contributed by atoms with Gasteiger partial charge in [-0.05, 0) is 24.5 Å². The minimum atomic E-state index is -0.560. The van der Waals surface area contributed by atoms with Gasteiger partial charge in [-0.2, -0.15) is 0 Å². The normalized spacial score (nSPS) is 20.0. The second kappa shape index (κ2) is 8.08. The van der Waals surface area contributed by atoms with Gasteiger partial charge in [0.25, 0.3) is 0 Å². The van der Waals surface area contributed by atoms with Crippen molar-refractivity contribution in [3.05, 3.63) is 35.4 Å². The molecule has 1 aliphatic heterocycles.